The Morgan fingerprint density at radius 3 is 2.75 bits per heavy atom. The SMILES string of the molecule is C[C@]12CCCC(O)C1CC[C@@H]2N. The van der Waals surface area contributed by atoms with Crippen LogP contribution in [0.15, 0.2) is 0 Å². The summed E-state index contributed by atoms with van der Waals surface area (Å²) in [5.74, 6) is 0.487. The molecule has 2 aliphatic rings. The van der Waals surface area contributed by atoms with E-state index >= 15 is 0 Å². The van der Waals surface area contributed by atoms with Crippen molar-refractivity contribution in [3.05, 3.63) is 0 Å². The number of aliphatic hydroxyl groups is 1. The predicted molar refractivity (Wildman–Crippen MR) is 48.7 cm³/mol. The topological polar surface area (TPSA) is 46.2 Å². The molecule has 4 atom stereocenters. The average molecular weight is 169 g/mol. The molecule has 0 saturated heterocycles. The molecule has 0 amide bonds. The van der Waals surface area contributed by atoms with Crippen molar-refractivity contribution in [1.82, 2.24) is 0 Å². The lowest BCUT2D eigenvalue weighted by molar-refractivity contribution is -0.00380. The normalized spacial score (nSPS) is 53.8. The van der Waals surface area contributed by atoms with E-state index in [0.717, 1.165) is 25.7 Å². The lowest BCUT2D eigenvalue weighted by atomic mass is 9.67. The number of aliphatic hydroxyl groups excluding tert-OH is 1. The molecule has 2 rings (SSSR count). The van der Waals surface area contributed by atoms with Crippen molar-refractivity contribution in [2.75, 3.05) is 0 Å². The van der Waals surface area contributed by atoms with E-state index < -0.39 is 0 Å². The second-order valence-electron chi connectivity index (χ2n) is 4.76. The third kappa shape index (κ3) is 1.01. The van der Waals surface area contributed by atoms with Gasteiger partial charge in [-0.25, -0.2) is 0 Å². The standard InChI is InChI=1S/C10H19NO/c1-10-6-2-3-8(12)7(10)4-5-9(10)11/h7-9,12H,2-6,11H2,1H3/t7?,8?,9-,10-/m0/s1. The zero-order chi connectivity index (χ0) is 8.77. The first-order valence-corrected chi connectivity index (χ1v) is 5.08. The van der Waals surface area contributed by atoms with Crippen molar-refractivity contribution in [2.24, 2.45) is 17.1 Å². The largest absolute Gasteiger partial charge is 0.393 e. The number of nitrogens with two attached hydrogens (primary N) is 1. The highest BCUT2D eigenvalue weighted by atomic mass is 16.3. The van der Waals surface area contributed by atoms with Gasteiger partial charge >= 0.3 is 0 Å². The zero-order valence-electron chi connectivity index (χ0n) is 7.79. The molecule has 0 aromatic heterocycles. The second-order valence-corrected chi connectivity index (χ2v) is 4.76. The molecule has 0 aromatic carbocycles. The Bertz CT molecular complexity index is 183. The Hall–Kier alpha value is -0.0800. The van der Waals surface area contributed by atoms with Gasteiger partial charge in [0.25, 0.3) is 0 Å². The fourth-order valence-corrected chi connectivity index (χ4v) is 3.19. The third-order valence-corrected chi connectivity index (χ3v) is 4.16. The molecule has 0 spiro atoms. The van der Waals surface area contributed by atoms with Crippen LogP contribution in [-0.4, -0.2) is 17.3 Å². The van der Waals surface area contributed by atoms with Crippen LogP contribution in [0, 0.1) is 11.3 Å². The third-order valence-electron chi connectivity index (χ3n) is 4.16. The van der Waals surface area contributed by atoms with Crippen LogP contribution >= 0.6 is 0 Å². The van der Waals surface area contributed by atoms with E-state index in [1.54, 1.807) is 0 Å². The summed E-state index contributed by atoms with van der Waals surface area (Å²) in [5, 5.41) is 9.81. The minimum absolute atomic E-state index is 0.0719. The summed E-state index contributed by atoms with van der Waals surface area (Å²) >= 11 is 0. The lowest BCUT2D eigenvalue weighted by Gasteiger charge is -2.42. The van der Waals surface area contributed by atoms with Gasteiger partial charge in [0.2, 0.25) is 0 Å². The van der Waals surface area contributed by atoms with Crippen molar-refractivity contribution in [1.29, 1.82) is 0 Å². The fraction of sp³-hybridized carbons (Fsp3) is 1.00. The second kappa shape index (κ2) is 2.71. The van der Waals surface area contributed by atoms with Crippen LogP contribution < -0.4 is 5.73 Å². The van der Waals surface area contributed by atoms with E-state index in [1.807, 2.05) is 0 Å². The van der Waals surface area contributed by atoms with Crippen LogP contribution in [-0.2, 0) is 0 Å². The van der Waals surface area contributed by atoms with Gasteiger partial charge in [-0.3, -0.25) is 0 Å². The van der Waals surface area contributed by atoms with Crippen LogP contribution in [0.1, 0.15) is 39.0 Å². The van der Waals surface area contributed by atoms with E-state index in [2.05, 4.69) is 6.92 Å². The highest BCUT2D eigenvalue weighted by Crippen LogP contribution is 2.51. The number of fused-ring (bicyclic) bond motifs is 1. The quantitative estimate of drug-likeness (QED) is 0.573. The average Bonchev–Trinajstić information content (AvgIpc) is 2.30. The van der Waals surface area contributed by atoms with Crippen molar-refractivity contribution < 1.29 is 5.11 Å². The summed E-state index contributed by atoms with van der Waals surface area (Å²) in [6.07, 6.45) is 5.54. The van der Waals surface area contributed by atoms with Gasteiger partial charge in [0, 0.05) is 6.04 Å². The zero-order valence-corrected chi connectivity index (χ0v) is 7.79. The predicted octanol–water partition coefficient (Wildman–Crippen LogP) is 1.27. The summed E-state index contributed by atoms with van der Waals surface area (Å²) in [5.41, 5.74) is 6.32. The van der Waals surface area contributed by atoms with Crippen molar-refractivity contribution in [3.8, 4) is 0 Å². The van der Waals surface area contributed by atoms with Gasteiger partial charge in [0.05, 0.1) is 6.10 Å². The Labute approximate surface area is 74.1 Å². The molecule has 0 heterocycles. The van der Waals surface area contributed by atoms with E-state index in [0.29, 0.717) is 12.0 Å². The maximum atomic E-state index is 9.81. The Morgan fingerprint density at radius 1 is 1.33 bits per heavy atom. The van der Waals surface area contributed by atoms with E-state index in [1.165, 1.54) is 6.42 Å². The maximum Gasteiger partial charge on any atom is 0.0574 e. The molecular weight excluding hydrogens is 150 g/mol. The fourth-order valence-electron chi connectivity index (χ4n) is 3.19. The molecule has 0 bridgehead atoms. The van der Waals surface area contributed by atoms with Crippen LogP contribution in [0.25, 0.3) is 0 Å². The summed E-state index contributed by atoms with van der Waals surface area (Å²) in [7, 11) is 0. The molecule has 2 fully saturated rings. The molecule has 12 heavy (non-hydrogen) atoms. The summed E-state index contributed by atoms with van der Waals surface area (Å²) in [6, 6.07) is 0.331. The van der Waals surface area contributed by atoms with E-state index in [4.69, 9.17) is 5.73 Å². The minimum atomic E-state index is -0.0719. The Morgan fingerprint density at radius 2 is 2.08 bits per heavy atom. The minimum Gasteiger partial charge on any atom is -0.393 e. The molecule has 2 unspecified atom stereocenters. The number of hydrogen-bond acceptors (Lipinski definition) is 2. The molecule has 0 aliphatic heterocycles. The van der Waals surface area contributed by atoms with Crippen LogP contribution in [0.3, 0.4) is 0 Å². The van der Waals surface area contributed by atoms with Gasteiger partial charge in [-0.2, -0.15) is 0 Å². The highest BCUT2D eigenvalue weighted by molar-refractivity contribution is 5.02. The van der Waals surface area contributed by atoms with E-state index in [9.17, 15) is 5.11 Å². The summed E-state index contributed by atoms with van der Waals surface area (Å²) in [4.78, 5) is 0. The monoisotopic (exact) mass is 169 g/mol. The molecule has 0 radical (unpaired) electrons. The molecule has 3 N–H and O–H groups in total. The van der Waals surface area contributed by atoms with Gasteiger partial charge in [-0.15, -0.1) is 0 Å². The Kier molecular flexibility index (Phi) is 1.92. The molecule has 70 valence electrons. The van der Waals surface area contributed by atoms with Gasteiger partial charge in [0.1, 0.15) is 0 Å². The molecule has 2 nitrogen and oxygen atoms in total. The van der Waals surface area contributed by atoms with Gasteiger partial charge in [-0.05, 0) is 37.0 Å². The smallest absolute Gasteiger partial charge is 0.0574 e. The molecule has 0 aromatic rings. The summed E-state index contributed by atoms with van der Waals surface area (Å²) < 4.78 is 0. The molecule has 2 aliphatic carbocycles. The van der Waals surface area contributed by atoms with Crippen LogP contribution in [0.5, 0.6) is 0 Å². The van der Waals surface area contributed by atoms with Crippen LogP contribution in [0.4, 0.5) is 0 Å². The first-order chi connectivity index (χ1) is 5.64. The molecular formula is C10H19NO. The molecule has 2 saturated carbocycles. The summed E-state index contributed by atoms with van der Waals surface area (Å²) in [6.45, 7) is 2.26. The van der Waals surface area contributed by atoms with Crippen molar-refractivity contribution in [2.45, 2.75) is 51.2 Å². The lowest BCUT2D eigenvalue weighted by Crippen LogP contribution is -2.45. The first kappa shape index (κ1) is 8.52. The van der Waals surface area contributed by atoms with Gasteiger partial charge in [0.15, 0.2) is 0 Å². The van der Waals surface area contributed by atoms with Crippen molar-refractivity contribution in [3.63, 3.8) is 0 Å². The molecule has 2 heteroatoms. The van der Waals surface area contributed by atoms with E-state index in [-0.39, 0.29) is 11.5 Å². The van der Waals surface area contributed by atoms with Crippen molar-refractivity contribution >= 4 is 0 Å². The maximum absolute atomic E-state index is 9.81. The first-order valence-electron chi connectivity index (χ1n) is 5.08. The Balaban J connectivity index is 2.20. The van der Waals surface area contributed by atoms with Gasteiger partial charge in [-0.1, -0.05) is 13.3 Å². The highest BCUT2D eigenvalue weighted by Gasteiger charge is 2.49. The van der Waals surface area contributed by atoms with Crippen LogP contribution in [0.2, 0.25) is 0 Å². The number of hydrogen-bond donors (Lipinski definition) is 2. The van der Waals surface area contributed by atoms with Gasteiger partial charge < -0.3 is 10.8 Å². The number of rotatable bonds is 0.